The minimum absolute atomic E-state index is 0.0982. The highest BCUT2D eigenvalue weighted by molar-refractivity contribution is 5.97. The Bertz CT molecular complexity index is 1160. The predicted octanol–water partition coefficient (Wildman–Crippen LogP) is 2.53. The highest BCUT2D eigenvalue weighted by Gasteiger charge is 2.24. The standard InChI is InChI=1S/C23H25N3O4/c1-2-26-22(28)19-9-8-17(14-20(19)24-23(26)29)21(27)25-12-10-18(11-13-25)30-15-16-6-4-3-5-7-16/h3-9,14,18H,2,10-13,15H2,1H3,(H,24,29). The van der Waals surface area contributed by atoms with Gasteiger partial charge in [0.15, 0.2) is 0 Å². The third-order valence-corrected chi connectivity index (χ3v) is 5.60. The number of carbonyl (C=O) groups is 1. The maximum atomic E-state index is 12.9. The summed E-state index contributed by atoms with van der Waals surface area (Å²) < 4.78 is 7.14. The van der Waals surface area contributed by atoms with Crippen LogP contribution < -0.4 is 11.2 Å². The molecule has 0 atom stereocenters. The first-order valence-corrected chi connectivity index (χ1v) is 10.3. The molecule has 4 rings (SSSR count). The molecule has 0 radical (unpaired) electrons. The molecule has 3 aromatic rings. The van der Waals surface area contributed by atoms with Crippen LogP contribution in [-0.2, 0) is 17.9 Å². The molecule has 0 saturated carbocycles. The average molecular weight is 407 g/mol. The molecule has 1 N–H and O–H groups in total. The molecular formula is C23H25N3O4. The van der Waals surface area contributed by atoms with Crippen LogP contribution in [0.4, 0.5) is 0 Å². The number of hydrogen-bond acceptors (Lipinski definition) is 4. The van der Waals surface area contributed by atoms with Gasteiger partial charge in [0, 0.05) is 25.2 Å². The molecule has 1 aliphatic rings. The minimum atomic E-state index is -0.462. The van der Waals surface area contributed by atoms with E-state index in [1.807, 2.05) is 30.3 Å². The van der Waals surface area contributed by atoms with Crippen LogP contribution in [0.3, 0.4) is 0 Å². The number of H-pyrrole nitrogens is 1. The Morgan fingerprint density at radius 1 is 1.10 bits per heavy atom. The van der Waals surface area contributed by atoms with Gasteiger partial charge in [-0.1, -0.05) is 30.3 Å². The molecule has 1 aliphatic heterocycles. The molecule has 0 spiro atoms. The van der Waals surface area contributed by atoms with Crippen molar-refractivity contribution < 1.29 is 9.53 Å². The number of ether oxygens (including phenoxy) is 1. The molecule has 1 saturated heterocycles. The molecule has 2 heterocycles. The van der Waals surface area contributed by atoms with Crippen LogP contribution in [0.2, 0.25) is 0 Å². The molecule has 0 bridgehead atoms. The summed E-state index contributed by atoms with van der Waals surface area (Å²) in [7, 11) is 0. The molecule has 0 unspecified atom stereocenters. The van der Waals surface area contributed by atoms with Crippen molar-refractivity contribution in [2.24, 2.45) is 0 Å². The maximum Gasteiger partial charge on any atom is 0.328 e. The van der Waals surface area contributed by atoms with E-state index in [4.69, 9.17) is 4.74 Å². The van der Waals surface area contributed by atoms with Crippen molar-refractivity contribution in [3.63, 3.8) is 0 Å². The number of rotatable bonds is 5. The van der Waals surface area contributed by atoms with Gasteiger partial charge in [0.2, 0.25) is 0 Å². The van der Waals surface area contributed by atoms with Gasteiger partial charge in [-0.25, -0.2) is 4.79 Å². The Balaban J connectivity index is 1.42. The summed E-state index contributed by atoms with van der Waals surface area (Å²) in [6.45, 7) is 3.85. The zero-order valence-electron chi connectivity index (χ0n) is 17.0. The van der Waals surface area contributed by atoms with Crippen LogP contribution in [-0.4, -0.2) is 39.6 Å². The van der Waals surface area contributed by atoms with Crippen LogP contribution in [0.1, 0.15) is 35.7 Å². The number of fused-ring (bicyclic) bond motifs is 1. The monoisotopic (exact) mass is 407 g/mol. The van der Waals surface area contributed by atoms with E-state index in [0.29, 0.717) is 42.7 Å². The fourth-order valence-corrected chi connectivity index (χ4v) is 3.87. The fraction of sp³-hybridized carbons (Fsp3) is 0.348. The molecular weight excluding hydrogens is 382 g/mol. The van der Waals surface area contributed by atoms with Gasteiger partial charge in [-0.05, 0) is 43.5 Å². The Labute approximate surface area is 173 Å². The van der Waals surface area contributed by atoms with Crippen molar-refractivity contribution in [1.82, 2.24) is 14.5 Å². The lowest BCUT2D eigenvalue weighted by Crippen LogP contribution is -2.41. The number of benzene rings is 2. The third kappa shape index (κ3) is 4.07. The Hall–Kier alpha value is -3.19. The summed E-state index contributed by atoms with van der Waals surface area (Å²) in [5, 5.41) is 0.404. The molecule has 156 valence electrons. The molecule has 30 heavy (non-hydrogen) atoms. The Morgan fingerprint density at radius 3 is 2.53 bits per heavy atom. The van der Waals surface area contributed by atoms with Crippen molar-refractivity contribution >= 4 is 16.8 Å². The van der Waals surface area contributed by atoms with Crippen LogP contribution >= 0.6 is 0 Å². The second kappa shape index (κ2) is 8.67. The smallest absolute Gasteiger partial charge is 0.328 e. The Morgan fingerprint density at radius 2 is 1.83 bits per heavy atom. The van der Waals surface area contributed by atoms with Crippen molar-refractivity contribution in [3.8, 4) is 0 Å². The van der Waals surface area contributed by atoms with E-state index in [1.54, 1.807) is 30.0 Å². The van der Waals surface area contributed by atoms with E-state index in [2.05, 4.69) is 4.98 Å². The quantitative estimate of drug-likeness (QED) is 0.704. The zero-order valence-corrected chi connectivity index (χ0v) is 17.0. The molecule has 1 aromatic heterocycles. The summed E-state index contributed by atoms with van der Waals surface area (Å²) >= 11 is 0. The lowest BCUT2D eigenvalue weighted by atomic mass is 10.1. The first-order valence-electron chi connectivity index (χ1n) is 10.3. The van der Waals surface area contributed by atoms with Crippen molar-refractivity contribution in [3.05, 3.63) is 80.5 Å². The summed E-state index contributed by atoms with van der Waals surface area (Å²) in [4.78, 5) is 41.9. The highest BCUT2D eigenvalue weighted by Crippen LogP contribution is 2.19. The number of likely N-dealkylation sites (tertiary alicyclic amines) is 1. The number of carbonyl (C=O) groups excluding carboxylic acids is 1. The predicted molar refractivity (Wildman–Crippen MR) is 115 cm³/mol. The molecule has 1 fully saturated rings. The van der Waals surface area contributed by atoms with Gasteiger partial charge in [-0.2, -0.15) is 0 Å². The summed E-state index contributed by atoms with van der Waals surface area (Å²) in [5.74, 6) is -0.0982. The van der Waals surface area contributed by atoms with Crippen LogP contribution in [0.5, 0.6) is 0 Å². The van der Waals surface area contributed by atoms with Gasteiger partial charge in [-0.15, -0.1) is 0 Å². The summed E-state index contributed by atoms with van der Waals surface area (Å²) in [5.41, 5.74) is 1.20. The van der Waals surface area contributed by atoms with Gasteiger partial charge < -0.3 is 14.6 Å². The summed E-state index contributed by atoms with van der Waals surface area (Å²) in [6, 6.07) is 14.9. The number of nitrogens with zero attached hydrogens (tertiary/aromatic N) is 2. The topological polar surface area (TPSA) is 84.4 Å². The number of aromatic nitrogens is 2. The fourth-order valence-electron chi connectivity index (χ4n) is 3.87. The van der Waals surface area contributed by atoms with Crippen molar-refractivity contribution in [2.75, 3.05) is 13.1 Å². The molecule has 7 heteroatoms. The van der Waals surface area contributed by atoms with E-state index >= 15 is 0 Å². The number of piperidine rings is 1. The molecule has 1 amide bonds. The van der Waals surface area contributed by atoms with E-state index < -0.39 is 5.69 Å². The molecule has 2 aromatic carbocycles. The number of amides is 1. The third-order valence-electron chi connectivity index (χ3n) is 5.60. The van der Waals surface area contributed by atoms with Gasteiger partial charge in [0.05, 0.1) is 23.6 Å². The van der Waals surface area contributed by atoms with E-state index in [0.717, 1.165) is 23.0 Å². The number of nitrogens with one attached hydrogen (secondary N) is 1. The summed E-state index contributed by atoms with van der Waals surface area (Å²) in [6.07, 6.45) is 1.70. The van der Waals surface area contributed by atoms with Gasteiger partial charge in [0.1, 0.15) is 0 Å². The first kappa shape index (κ1) is 20.1. The van der Waals surface area contributed by atoms with E-state index in [-0.39, 0.29) is 17.6 Å². The van der Waals surface area contributed by atoms with Crippen LogP contribution in [0.25, 0.3) is 10.9 Å². The lowest BCUT2D eigenvalue weighted by Gasteiger charge is -2.32. The van der Waals surface area contributed by atoms with Gasteiger partial charge >= 0.3 is 5.69 Å². The normalized spacial score (nSPS) is 14.9. The number of hydrogen-bond donors (Lipinski definition) is 1. The molecule has 0 aliphatic carbocycles. The second-order valence-electron chi connectivity index (χ2n) is 7.53. The van der Waals surface area contributed by atoms with Crippen LogP contribution in [0.15, 0.2) is 58.1 Å². The first-order chi connectivity index (χ1) is 14.6. The maximum absolute atomic E-state index is 12.9. The largest absolute Gasteiger partial charge is 0.373 e. The van der Waals surface area contributed by atoms with E-state index in [1.165, 1.54) is 0 Å². The van der Waals surface area contributed by atoms with Gasteiger partial charge in [-0.3, -0.25) is 14.2 Å². The number of aromatic amines is 1. The van der Waals surface area contributed by atoms with Gasteiger partial charge in [0.25, 0.3) is 11.5 Å². The minimum Gasteiger partial charge on any atom is -0.373 e. The van der Waals surface area contributed by atoms with Crippen LogP contribution in [0, 0.1) is 0 Å². The molecule has 7 nitrogen and oxygen atoms in total. The van der Waals surface area contributed by atoms with E-state index in [9.17, 15) is 14.4 Å². The second-order valence-corrected chi connectivity index (χ2v) is 7.53. The SMILES string of the molecule is CCn1c(=O)[nH]c2cc(C(=O)N3CCC(OCc4ccccc4)CC3)ccc2c1=O. The Kier molecular flexibility index (Phi) is 5.81. The van der Waals surface area contributed by atoms with Crippen molar-refractivity contribution in [1.29, 1.82) is 0 Å². The lowest BCUT2D eigenvalue weighted by molar-refractivity contribution is -0.000377. The average Bonchev–Trinajstić information content (AvgIpc) is 2.78. The highest BCUT2D eigenvalue weighted by atomic mass is 16.5. The zero-order chi connectivity index (χ0) is 21.1. The van der Waals surface area contributed by atoms with Crippen molar-refractivity contribution in [2.45, 2.75) is 39.0 Å².